The Bertz CT molecular complexity index is 1060. The van der Waals surface area contributed by atoms with Crippen molar-refractivity contribution < 1.29 is 9.53 Å². The van der Waals surface area contributed by atoms with E-state index in [9.17, 15) is 4.79 Å². The first kappa shape index (κ1) is 21.0. The SMILES string of the molecule is Cc1cc(C(=O)CSc2nnc(Cc3cccs3)n2C2CC2)c(C)n1CC1CCCO1. The second-order valence-electron chi connectivity index (χ2n) is 8.50. The van der Waals surface area contributed by atoms with E-state index in [2.05, 4.69) is 43.8 Å². The van der Waals surface area contributed by atoms with Gasteiger partial charge in [0.25, 0.3) is 0 Å². The number of thioether (sulfide) groups is 1. The van der Waals surface area contributed by atoms with Gasteiger partial charge in [0, 0.05) is 47.4 Å². The largest absolute Gasteiger partial charge is 0.376 e. The van der Waals surface area contributed by atoms with Crippen LogP contribution in [0, 0.1) is 13.8 Å². The van der Waals surface area contributed by atoms with Gasteiger partial charge in [-0.15, -0.1) is 21.5 Å². The number of nitrogens with zero attached hydrogens (tertiary/aromatic N) is 4. The first-order valence-electron chi connectivity index (χ1n) is 11.0. The number of carbonyl (C=O) groups excluding carboxylic acids is 1. The molecular formula is C23H28N4O2S2. The fourth-order valence-electron chi connectivity index (χ4n) is 4.36. The molecule has 31 heavy (non-hydrogen) atoms. The number of ether oxygens (including phenoxy) is 1. The van der Waals surface area contributed by atoms with Crippen LogP contribution in [-0.2, 0) is 17.7 Å². The zero-order chi connectivity index (χ0) is 21.4. The van der Waals surface area contributed by atoms with E-state index in [1.54, 1.807) is 11.3 Å². The Kier molecular flexibility index (Phi) is 6.03. The Balaban J connectivity index is 1.28. The van der Waals surface area contributed by atoms with Crippen molar-refractivity contribution in [3.8, 4) is 0 Å². The van der Waals surface area contributed by atoms with E-state index in [1.165, 1.54) is 29.5 Å². The molecule has 1 atom stereocenters. The van der Waals surface area contributed by atoms with E-state index in [-0.39, 0.29) is 11.9 Å². The molecule has 2 aliphatic rings. The molecule has 1 saturated carbocycles. The van der Waals surface area contributed by atoms with Crippen LogP contribution in [0.15, 0.2) is 28.7 Å². The lowest BCUT2D eigenvalue weighted by Crippen LogP contribution is -2.17. The zero-order valence-electron chi connectivity index (χ0n) is 18.0. The lowest BCUT2D eigenvalue weighted by Gasteiger charge is -2.14. The lowest BCUT2D eigenvalue weighted by molar-refractivity contribution is 0.0957. The van der Waals surface area contributed by atoms with Gasteiger partial charge in [-0.25, -0.2) is 0 Å². The third-order valence-electron chi connectivity index (χ3n) is 6.18. The smallest absolute Gasteiger partial charge is 0.191 e. The van der Waals surface area contributed by atoms with Crippen LogP contribution >= 0.6 is 23.1 Å². The summed E-state index contributed by atoms with van der Waals surface area (Å²) in [6, 6.07) is 6.72. The monoisotopic (exact) mass is 456 g/mol. The summed E-state index contributed by atoms with van der Waals surface area (Å²) >= 11 is 3.26. The van der Waals surface area contributed by atoms with Gasteiger partial charge in [-0.3, -0.25) is 4.79 Å². The van der Waals surface area contributed by atoms with Gasteiger partial charge >= 0.3 is 0 Å². The Labute approximate surface area is 191 Å². The third-order valence-corrected chi connectivity index (χ3v) is 8.00. The zero-order valence-corrected chi connectivity index (χ0v) is 19.7. The Morgan fingerprint density at radius 2 is 2.16 bits per heavy atom. The van der Waals surface area contributed by atoms with Gasteiger partial charge in [0.05, 0.1) is 11.9 Å². The number of Topliss-reactive ketones (excluding diaryl/α,β-unsaturated/α-hetero) is 1. The van der Waals surface area contributed by atoms with Gasteiger partial charge < -0.3 is 13.9 Å². The van der Waals surface area contributed by atoms with Crippen LogP contribution < -0.4 is 0 Å². The topological polar surface area (TPSA) is 61.9 Å². The number of hydrogen-bond donors (Lipinski definition) is 0. The molecule has 0 amide bonds. The van der Waals surface area contributed by atoms with Crippen molar-refractivity contribution in [3.05, 3.63) is 51.2 Å². The molecule has 164 valence electrons. The molecule has 0 N–H and O–H groups in total. The van der Waals surface area contributed by atoms with Gasteiger partial charge in [0.1, 0.15) is 5.82 Å². The first-order valence-corrected chi connectivity index (χ1v) is 12.9. The normalized spacial score (nSPS) is 18.7. The summed E-state index contributed by atoms with van der Waals surface area (Å²) in [7, 11) is 0. The van der Waals surface area contributed by atoms with Crippen molar-refractivity contribution in [2.75, 3.05) is 12.4 Å². The van der Waals surface area contributed by atoms with E-state index in [0.717, 1.165) is 60.3 Å². The lowest BCUT2D eigenvalue weighted by atomic mass is 10.2. The average Bonchev–Trinajstić information content (AvgIpc) is 3.15. The minimum absolute atomic E-state index is 0.154. The molecule has 0 radical (unpaired) electrons. The van der Waals surface area contributed by atoms with Crippen LogP contribution in [0.2, 0.25) is 0 Å². The molecule has 6 nitrogen and oxygen atoms in total. The minimum atomic E-state index is 0.154. The van der Waals surface area contributed by atoms with E-state index in [1.807, 2.05) is 13.0 Å². The molecule has 1 saturated heterocycles. The van der Waals surface area contributed by atoms with Crippen LogP contribution in [0.4, 0.5) is 0 Å². The standard InChI is InChI=1S/C23H28N4O2S2/c1-15-11-20(16(2)26(15)13-18-5-3-9-29-18)21(28)14-31-23-25-24-22(27(23)17-7-8-17)12-19-6-4-10-30-19/h4,6,10-11,17-18H,3,5,7-9,12-14H2,1-2H3. The Morgan fingerprint density at radius 3 is 2.87 bits per heavy atom. The number of thiophene rings is 1. The van der Waals surface area contributed by atoms with Crippen molar-refractivity contribution in [3.63, 3.8) is 0 Å². The summed E-state index contributed by atoms with van der Waals surface area (Å²) in [6.07, 6.45) is 5.63. The highest BCUT2D eigenvalue weighted by Crippen LogP contribution is 2.39. The minimum Gasteiger partial charge on any atom is -0.376 e. The number of aromatic nitrogens is 4. The summed E-state index contributed by atoms with van der Waals surface area (Å²) in [5.41, 5.74) is 2.99. The summed E-state index contributed by atoms with van der Waals surface area (Å²) in [6.45, 7) is 5.81. The second kappa shape index (κ2) is 8.92. The van der Waals surface area contributed by atoms with E-state index in [4.69, 9.17) is 4.74 Å². The third kappa shape index (κ3) is 4.52. The van der Waals surface area contributed by atoms with Crippen LogP contribution in [0.25, 0.3) is 0 Å². The van der Waals surface area contributed by atoms with Crippen molar-refractivity contribution in [2.24, 2.45) is 0 Å². The van der Waals surface area contributed by atoms with Gasteiger partial charge in [-0.1, -0.05) is 17.8 Å². The molecule has 3 aromatic heterocycles. The van der Waals surface area contributed by atoms with Gasteiger partial charge in [-0.2, -0.15) is 0 Å². The van der Waals surface area contributed by atoms with Crippen LogP contribution in [-0.4, -0.2) is 43.6 Å². The predicted molar refractivity (Wildman–Crippen MR) is 123 cm³/mol. The van der Waals surface area contributed by atoms with Crippen molar-refractivity contribution in [1.82, 2.24) is 19.3 Å². The molecule has 3 aromatic rings. The van der Waals surface area contributed by atoms with Gasteiger partial charge in [0.2, 0.25) is 0 Å². The number of rotatable bonds is 9. The molecule has 2 fully saturated rings. The molecule has 1 aliphatic carbocycles. The summed E-state index contributed by atoms with van der Waals surface area (Å²) in [5, 5.41) is 11.9. The van der Waals surface area contributed by atoms with Gasteiger partial charge in [-0.05, 0) is 57.0 Å². The number of hydrogen-bond acceptors (Lipinski definition) is 6. The fourth-order valence-corrected chi connectivity index (χ4v) is 5.97. The predicted octanol–water partition coefficient (Wildman–Crippen LogP) is 4.84. The van der Waals surface area contributed by atoms with Gasteiger partial charge in [0.15, 0.2) is 10.9 Å². The highest BCUT2D eigenvalue weighted by molar-refractivity contribution is 7.99. The van der Waals surface area contributed by atoms with E-state index >= 15 is 0 Å². The number of ketones is 1. The van der Waals surface area contributed by atoms with Crippen molar-refractivity contribution in [1.29, 1.82) is 0 Å². The van der Waals surface area contributed by atoms with Crippen molar-refractivity contribution >= 4 is 28.9 Å². The molecular weight excluding hydrogens is 428 g/mol. The maximum Gasteiger partial charge on any atom is 0.191 e. The maximum atomic E-state index is 13.1. The van der Waals surface area contributed by atoms with E-state index < -0.39 is 0 Å². The molecule has 0 aromatic carbocycles. The Hall–Kier alpha value is -1.90. The molecule has 0 bridgehead atoms. The average molecular weight is 457 g/mol. The van der Waals surface area contributed by atoms with Crippen LogP contribution in [0.3, 0.4) is 0 Å². The summed E-state index contributed by atoms with van der Waals surface area (Å²) in [4.78, 5) is 14.4. The number of carbonyl (C=O) groups is 1. The molecule has 1 unspecified atom stereocenters. The number of aryl methyl sites for hydroxylation is 1. The van der Waals surface area contributed by atoms with Crippen LogP contribution in [0.1, 0.15) is 64.2 Å². The highest BCUT2D eigenvalue weighted by Gasteiger charge is 2.30. The molecule has 1 aliphatic heterocycles. The van der Waals surface area contributed by atoms with E-state index in [0.29, 0.717) is 11.8 Å². The van der Waals surface area contributed by atoms with Crippen molar-refractivity contribution in [2.45, 2.75) is 69.8 Å². The summed E-state index contributed by atoms with van der Waals surface area (Å²) in [5.74, 6) is 1.55. The molecule has 5 rings (SSSR count). The molecule has 4 heterocycles. The molecule has 0 spiro atoms. The maximum absolute atomic E-state index is 13.1. The molecule has 8 heteroatoms. The second-order valence-corrected chi connectivity index (χ2v) is 10.5. The van der Waals surface area contributed by atoms with Crippen LogP contribution in [0.5, 0.6) is 0 Å². The quantitative estimate of drug-likeness (QED) is 0.341. The Morgan fingerprint density at radius 1 is 1.29 bits per heavy atom. The fraction of sp³-hybridized carbons (Fsp3) is 0.522. The highest BCUT2D eigenvalue weighted by atomic mass is 32.2. The first-order chi connectivity index (χ1) is 15.1. The summed E-state index contributed by atoms with van der Waals surface area (Å²) < 4.78 is 10.3.